The van der Waals surface area contributed by atoms with Gasteiger partial charge >= 0.3 is 0 Å². The van der Waals surface area contributed by atoms with Gasteiger partial charge in [-0.1, -0.05) is 36.4 Å². The van der Waals surface area contributed by atoms with Gasteiger partial charge in [-0.3, -0.25) is 4.79 Å². The summed E-state index contributed by atoms with van der Waals surface area (Å²) in [4.78, 5) is 19.5. The number of benzene rings is 1. The van der Waals surface area contributed by atoms with E-state index in [0.29, 0.717) is 19.0 Å². The zero-order valence-corrected chi connectivity index (χ0v) is 19.5. The van der Waals surface area contributed by atoms with Crippen LogP contribution in [-0.4, -0.2) is 48.7 Å². The van der Waals surface area contributed by atoms with E-state index in [1.807, 2.05) is 29.2 Å². The Morgan fingerprint density at radius 2 is 1.84 bits per heavy atom. The summed E-state index contributed by atoms with van der Waals surface area (Å²) in [7, 11) is -3.31. The number of carbonyl (C=O) groups excluding carboxylic acids is 1. The Kier molecular flexibility index (Phi) is 6.53. The van der Waals surface area contributed by atoms with Gasteiger partial charge in [0, 0.05) is 44.7 Å². The van der Waals surface area contributed by atoms with Crippen LogP contribution in [-0.2, 0) is 26.8 Å². The number of pyridine rings is 1. The lowest BCUT2D eigenvalue weighted by Crippen LogP contribution is -2.46. The second-order valence-corrected chi connectivity index (χ2v) is 11.3. The van der Waals surface area contributed by atoms with E-state index >= 15 is 0 Å². The topological polar surface area (TPSA) is 88.6 Å². The van der Waals surface area contributed by atoms with Crippen LogP contribution >= 0.6 is 0 Å². The highest BCUT2D eigenvalue weighted by Crippen LogP contribution is 2.49. The smallest absolute Gasteiger partial charge is 0.233 e. The molecular weight excluding hydrogens is 426 g/mol. The number of hydrogen-bond donors (Lipinski definition) is 1. The average molecular weight is 458 g/mol. The third kappa shape index (κ3) is 4.96. The fraction of sp³-hybridized carbons (Fsp3) is 0.500. The molecule has 1 N–H and O–H groups in total. The number of rotatable bonds is 8. The van der Waals surface area contributed by atoms with Crippen molar-refractivity contribution in [3.8, 4) is 5.88 Å². The number of piperidine rings is 1. The lowest BCUT2D eigenvalue weighted by atomic mass is 9.93. The Labute approximate surface area is 190 Å². The molecule has 1 aliphatic carbocycles. The summed E-state index contributed by atoms with van der Waals surface area (Å²) in [5, 5.41) is -0.474. The first-order valence-electron chi connectivity index (χ1n) is 11.3. The van der Waals surface area contributed by atoms with Crippen LogP contribution in [0, 0.1) is 0 Å². The molecule has 1 aliphatic heterocycles. The minimum absolute atomic E-state index is 0.0173. The fourth-order valence-electron chi connectivity index (χ4n) is 4.09. The van der Waals surface area contributed by atoms with Crippen LogP contribution in [0.25, 0.3) is 0 Å². The first-order chi connectivity index (χ1) is 15.3. The number of ether oxygens (including phenoxy) is 1. The number of hydrogen-bond acceptors (Lipinski definition) is 5. The second-order valence-electron chi connectivity index (χ2n) is 8.98. The Morgan fingerprint density at radius 1 is 1.16 bits per heavy atom. The molecule has 1 saturated heterocycles. The van der Waals surface area contributed by atoms with Crippen LogP contribution in [0.15, 0.2) is 48.7 Å². The Morgan fingerprint density at radius 3 is 2.41 bits per heavy atom. The van der Waals surface area contributed by atoms with Gasteiger partial charge in [0.05, 0.1) is 10.7 Å². The van der Waals surface area contributed by atoms with Gasteiger partial charge in [0.25, 0.3) is 0 Å². The summed E-state index contributed by atoms with van der Waals surface area (Å²) in [5.74, 6) is 0.765. The summed E-state index contributed by atoms with van der Waals surface area (Å²) < 4.78 is 32.3. The normalized spacial score (nSPS) is 18.5. The second kappa shape index (κ2) is 9.19. The van der Waals surface area contributed by atoms with Crippen molar-refractivity contribution in [3.63, 3.8) is 0 Å². The van der Waals surface area contributed by atoms with Gasteiger partial charge < -0.3 is 9.64 Å². The monoisotopic (exact) mass is 457 g/mol. The number of nitrogens with zero attached hydrogens (tertiary/aromatic N) is 2. The molecule has 0 atom stereocenters. The molecule has 0 unspecified atom stereocenters. The zero-order valence-electron chi connectivity index (χ0n) is 18.7. The number of sulfonamides is 1. The van der Waals surface area contributed by atoms with E-state index in [1.54, 1.807) is 26.1 Å². The molecule has 0 bridgehead atoms. The molecule has 1 saturated carbocycles. The fourth-order valence-corrected chi connectivity index (χ4v) is 4.80. The third-order valence-corrected chi connectivity index (χ3v) is 8.19. The lowest BCUT2D eigenvalue weighted by Gasteiger charge is -2.34. The summed E-state index contributed by atoms with van der Waals surface area (Å²) in [6.45, 7) is 4.86. The molecule has 2 heterocycles. The minimum atomic E-state index is -3.31. The summed E-state index contributed by atoms with van der Waals surface area (Å²) in [5.41, 5.74) is 1.59. The van der Waals surface area contributed by atoms with E-state index in [-0.39, 0.29) is 24.0 Å². The molecule has 7 nitrogen and oxygen atoms in total. The largest absolute Gasteiger partial charge is 0.474 e. The van der Waals surface area contributed by atoms with Crippen LogP contribution in [0.5, 0.6) is 5.88 Å². The number of aromatic nitrogens is 1. The van der Waals surface area contributed by atoms with Crippen LogP contribution in [0.4, 0.5) is 0 Å². The summed E-state index contributed by atoms with van der Waals surface area (Å²) in [6, 6.07) is 13.7. The highest BCUT2D eigenvalue weighted by Gasteiger charge is 2.53. The molecular formula is C24H31N3O4S. The third-order valence-electron chi connectivity index (χ3n) is 6.40. The van der Waals surface area contributed by atoms with E-state index in [0.717, 1.165) is 36.8 Å². The van der Waals surface area contributed by atoms with Crippen molar-refractivity contribution in [1.82, 2.24) is 14.6 Å². The molecule has 0 radical (unpaired) electrons. The highest BCUT2D eigenvalue weighted by molar-refractivity contribution is 7.90. The highest BCUT2D eigenvalue weighted by atomic mass is 32.2. The van der Waals surface area contributed by atoms with E-state index in [9.17, 15) is 13.2 Å². The van der Waals surface area contributed by atoms with Crippen molar-refractivity contribution in [1.29, 1.82) is 0 Å². The van der Waals surface area contributed by atoms with Crippen molar-refractivity contribution in [2.24, 2.45) is 0 Å². The molecule has 172 valence electrons. The molecule has 1 amide bonds. The van der Waals surface area contributed by atoms with Gasteiger partial charge in [0.15, 0.2) is 0 Å². The van der Waals surface area contributed by atoms with Gasteiger partial charge in [0.1, 0.15) is 6.10 Å². The average Bonchev–Trinajstić information content (AvgIpc) is 3.61. The molecule has 4 rings (SSSR count). The number of likely N-dealkylation sites (tertiary alicyclic amines) is 1. The molecule has 0 spiro atoms. The van der Waals surface area contributed by atoms with Crippen LogP contribution < -0.4 is 9.46 Å². The Hall–Kier alpha value is -2.45. The summed E-state index contributed by atoms with van der Waals surface area (Å²) >= 11 is 0. The van der Waals surface area contributed by atoms with Gasteiger partial charge in [-0.15, -0.1) is 0 Å². The maximum atomic E-state index is 13.2. The van der Waals surface area contributed by atoms with Gasteiger partial charge in [-0.2, -0.15) is 0 Å². The maximum Gasteiger partial charge on any atom is 0.233 e. The minimum Gasteiger partial charge on any atom is -0.474 e. The molecule has 1 aromatic heterocycles. The first-order valence-corrected chi connectivity index (χ1v) is 12.8. The Balaban J connectivity index is 1.27. The SMILES string of the molecule is CC(C)S(=O)(=O)NCc1ccc(OC2CCN(C(=O)C3(c4ccccc4)CC3)CC2)nc1. The zero-order chi connectivity index (χ0) is 22.8. The van der Waals surface area contributed by atoms with E-state index < -0.39 is 15.3 Å². The first kappa shape index (κ1) is 22.7. The van der Waals surface area contributed by atoms with Crippen LogP contribution in [0.2, 0.25) is 0 Å². The number of amides is 1. The van der Waals surface area contributed by atoms with Crippen LogP contribution in [0.1, 0.15) is 50.7 Å². The van der Waals surface area contributed by atoms with Crippen molar-refractivity contribution < 1.29 is 17.9 Å². The summed E-state index contributed by atoms with van der Waals surface area (Å²) in [6.07, 6.45) is 5.05. The van der Waals surface area contributed by atoms with Crippen molar-refractivity contribution in [3.05, 3.63) is 59.8 Å². The van der Waals surface area contributed by atoms with Crippen molar-refractivity contribution in [2.45, 2.75) is 62.8 Å². The Bertz CT molecular complexity index is 1030. The van der Waals surface area contributed by atoms with Crippen molar-refractivity contribution in [2.75, 3.05) is 13.1 Å². The van der Waals surface area contributed by atoms with Gasteiger partial charge in [-0.25, -0.2) is 18.1 Å². The molecule has 32 heavy (non-hydrogen) atoms. The number of nitrogens with one attached hydrogen (secondary N) is 1. The van der Waals surface area contributed by atoms with E-state index in [2.05, 4.69) is 21.8 Å². The molecule has 2 aromatic rings. The predicted molar refractivity (Wildman–Crippen MR) is 123 cm³/mol. The number of carbonyl (C=O) groups is 1. The molecule has 2 fully saturated rings. The van der Waals surface area contributed by atoms with Crippen LogP contribution in [0.3, 0.4) is 0 Å². The standard InChI is InChI=1S/C24H31N3O4S/c1-18(2)32(29,30)26-17-19-8-9-22(25-16-19)31-21-10-14-27(15-11-21)23(28)24(12-13-24)20-6-4-3-5-7-20/h3-9,16,18,21,26H,10-15,17H2,1-2H3. The van der Waals surface area contributed by atoms with E-state index in [1.165, 1.54) is 0 Å². The molecule has 8 heteroatoms. The predicted octanol–water partition coefficient (Wildman–Crippen LogP) is 3.01. The van der Waals surface area contributed by atoms with Crippen molar-refractivity contribution >= 4 is 15.9 Å². The van der Waals surface area contributed by atoms with Gasteiger partial charge in [0.2, 0.25) is 21.8 Å². The lowest BCUT2D eigenvalue weighted by molar-refractivity contribution is -0.135. The van der Waals surface area contributed by atoms with Gasteiger partial charge in [-0.05, 0) is 37.8 Å². The maximum absolute atomic E-state index is 13.2. The molecule has 1 aromatic carbocycles. The van der Waals surface area contributed by atoms with E-state index in [4.69, 9.17) is 4.74 Å². The molecule has 2 aliphatic rings. The quantitative estimate of drug-likeness (QED) is 0.658.